The van der Waals surface area contributed by atoms with Gasteiger partial charge in [0.25, 0.3) is 0 Å². The van der Waals surface area contributed by atoms with Crippen molar-refractivity contribution in [3.8, 4) is 11.5 Å². The molecule has 5 nitrogen and oxygen atoms in total. The normalized spacial score (nSPS) is 15.1. The fraction of sp³-hybridized carbons (Fsp3) is 0.450. The molecule has 0 N–H and O–H groups in total. The Morgan fingerprint density at radius 2 is 1.85 bits per heavy atom. The standard InChI is InChI=1S/C20H26N2O3S/c1-24-18-6-5-16(14-19(18)25-2)7-8-21-9-11-22(12-10-21)20(23)15-17-4-3-13-26-17/h3-6,13-14H,7-12,15H2,1-2H3. The van der Waals surface area contributed by atoms with E-state index in [-0.39, 0.29) is 5.91 Å². The Morgan fingerprint density at radius 3 is 2.50 bits per heavy atom. The highest BCUT2D eigenvalue weighted by molar-refractivity contribution is 7.10. The van der Waals surface area contributed by atoms with E-state index < -0.39 is 0 Å². The molecule has 1 aromatic heterocycles. The zero-order valence-corrected chi connectivity index (χ0v) is 16.3. The summed E-state index contributed by atoms with van der Waals surface area (Å²) in [7, 11) is 3.31. The number of rotatable bonds is 7. The molecule has 0 atom stereocenters. The highest BCUT2D eigenvalue weighted by Crippen LogP contribution is 2.27. The third-order valence-electron chi connectivity index (χ3n) is 4.80. The lowest BCUT2D eigenvalue weighted by Gasteiger charge is -2.34. The molecule has 0 spiro atoms. The first kappa shape index (κ1) is 18.7. The number of thiophene rings is 1. The second kappa shape index (κ2) is 9.05. The van der Waals surface area contributed by atoms with Crippen molar-refractivity contribution in [2.24, 2.45) is 0 Å². The number of hydrogen-bond donors (Lipinski definition) is 0. The van der Waals surface area contributed by atoms with Gasteiger partial charge in [0.1, 0.15) is 0 Å². The van der Waals surface area contributed by atoms with E-state index in [1.54, 1.807) is 25.6 Å². The van der Waals surface area contributed by atoms with E-state index in [1.165, 1.54) is 5.56 Å². The number of carbonyl (C=O) groups is 1. The molecule has 0 bridgehead atoms. The highest BCUT2D eigenvalue weighted by atomic mass is 32.1. The van der Waals surface area contributed by atoms with E-state index in [0.29, 0.717) is 6.42 Å². The summed E-state index contributed by atoms with van der Waals surface area (Å²) in [4.78, 5) is 17.9. The van der Waals surface area contributed by atoms with Crippen molar-refractivity contribution in [1.82, 2.24) is 9.80 Å². The van der Waals surface area contributed by atoms with Gasteiger partial charge in [-0.15, -0.1) is 11.3 Å². The molecule has 0 aliphatic carbocycles. The summed E-state index contributed by atoms with van der Waals surface area (Å²) in [5, 5.41) is 2.02. The second-order valence-corrected chi connectivity index (χ2v) is 7.45. The van der Waals surface area contributed by atoms with Crippen LogP contribution in [-0.2, 0) is 17.6 Å². The lowest BCUT2D eigenvalue weighted by molar-refractivity contribution is -0.132. The largest absolute Gasteiger partial charge is 0.493 e. The molecular formula is C20H26N2O3S. The Bertz CT molecular complexity index is 710. The number of hydrogen-bond acceptors (Lipinski definition) is 5. The minimum absolute atomic E-state index is 0.243. The fourth-order valence-electron chi connectivity index (χ4n) is 3.22. The predicted molar refractivity (Wildman–Crippen MR) is 104 cm³/mol. The van der Waals surface area contributed by atoms with Gasteiger partial charge >= 0.3 is 0 Å². The first-order valence-corrected chi connectivity index (χ1v) is 9.81. The van der Waals surface area contributed by atoms with Gasteiger partial charge in [-0.2, -0.15) is 0 Å². The summed E-state index contributed by atoms with van der Waals surface area (Å²) >= 11 is 1.65. The number of benzene rings is 1. The Balaban J connectivity index is 1.45. The Morgan fingerprint density at radius 1 is 1.08 bits per heavy atom. The lowest BCUT2D eigenvalue weighted by Crippen LogP contribution is -2.49. The molecule has 2 heterocycles. The van der Waals surface area contributed by atoms with Crippen LogP contribution in [0.3, 0.4) is 0 Å². The number of methoxy groups -OCH3 is 2. The summed E-state index contributed by atoms with van der Waals surface area (Å²) in [6.45, 7) is 4.49. The van der Waals surface area contributed by atoms with Crippen molar-refractivity contribution >= 4 is 17.2 Å². The zero-order valence-electron chi connectivity index (χ0n) is 15.4. The Labute approximate surface area is 159 Å². The molecule has 3 rings (SSSR count). The average Bonchev–Trinajstić information content (AvgIpc) is 3.19. The van der Waals surface area contributed by atoms with Gasteiger partial charge in [0, 0.05) is 37.6 Å². The third-order valence-corrected chi connectivity index (χ3v) is 5.67. The first-order chi connectivity index (χ1) is 12.7. The number of piperazine rings is 1. The van der Waals surface area contributed by atoms with Crippen LogP contribution in [0.4, 0.5) is 0 Å². The molecule has 140 valence electrons. The van der Waals surface area contributed by atoms with Crippen LogP contribution in [0.1, 0.15) is 10.4 Å². The van der Waals surface area contributed by atoms with Crippen LogP contribution in [-0.4, -0.2) is 62.7 Å². The zero-order chi connectivity index (χ0) is 18.4. The minimum atomic E-state index is 0.243. The van der Waals surface area contributed by atoms with E-state index in [0.717, 1.165) is 55.5 Å². The summed E-state index contributed by atoms with van der Waals surface area (Å²) < 4.78 is 10.7. The Kier molecular flexibility index (Phi) is 6.52. The number of ether oxygens (including phenoxy) is 2. The van der Waals surface area contributed by atoms with Crippen molar-refractivity contribution in [3.63, 3.8) is 0 Å². The van der Waals surface area contributed by atoms with E-state index in [9.17, 15) is 4.79 Å². The first-order valence-electron chi connectivity index (χ1n) is 8.93. The molecule has 1 amide bonds. The van der Waals surface area contributed by atoms with Gasteiger partial charge in [0.15, 0.2) is 11.5 Å². The second-order valence-electron chi connectivity index (χ2n) is 6.42. The third kappa shape index (κ3) is 4.77. The van der Waals surface area contributed by atoms with Gasteiger partial charge in [0.05, 0.1) is 20.6 Å². The molecule has 2 aromatic rings. The van der Waals surface area contributed by atoms with Gasteiger partial charge in [0.2, 0.25) is 5.91 Å². The summed E-state index contributed by atoms with van der Waals surface area (Å²) in [5.74, 6) is 1.77. The van der Waals surface area contributed by atoms with Crippen molar-refractivity contribution in [2.75, 3.05) is 46.9 Å². The molecule has 0 radical (unpaired) electrons. The summed E-state index contributed by atoms with van der Waals surface area (Å²) in [6, 6.07) is 10.1. The molecule has 6 heteroatoms. The molecule has 1 fully saturated rings. The molecule has 1 aromatic carbocycles. The molecule has 1 aliphatic heterocycles. The average molecular weight is 375 g/mol. The lowest BCUT2D eigenvalue weighted by atomic mass is 10.1. The van der Waals surface area contributed by atoms with Crippen molar-refractivity contribution in [1.29, 1.82) is 0 Å². The van der Waals surface area contributed by atoms with Crippen molar-refractivity contribution in [2.45, 2.75) is 12.8 Å². The van der Waals surface area contributed by atoms with Crippen LogP contribution in [0.5, 0.6) is 11.5 Å². The van der Waals surface area contributed by atoms with Crippen LogP contribution in [0.2, 0.25) is 0 Å². The molecular weight excluding hydrogens is 348 g/mol. The Hall–Kier alpha value is -2.05. The molecule has 0 saturated carbocycles. The minimum Gasteiger partial charge on any atom is -0.493 e. The maximum Gasteiger partial charge on any atom is 0.227 e. The van der Waals surface area contributed by atoms with E-state index >= 15 is 0 Å². The summed E-state index contributed by atoms with van der Waals surface area (Å²) in [5.41, 5.74) is 1.24. The van der Waals surface area contributed by atoms with E-state index in [1.807, 2.05) is 34.5 Å². The van der Waals surface area contributed by atoms with Gasteiger partial charge in [-0.1, -0.05) is 12.1 Å². The van der Waals surface area contributed by atoms with E-state index in [4.69, 9.17) is 9.47 Å². The number of nitrogens with zero attached hydrogens (tertiary/aromatic N) is 2. The van der Waals surface area contributed by atoms with Crippen LogP contribution in [0.25, 0.3) is 0 Å². The maximum atomic E-state index is 12.4. The van der Waals surface area contributed by atoms with Gasteiger partial charge < -0.3 is 14.4 Å². The SMILES string of the molecule is COc1ccc(CCN2CCN(C(=O)Cc3cccs3)CC2)cc1OC. The van der Waals surface area contributed by atoms with Gasteiger partial charge in [-0.3, -0.25) is 9.69 Å². The van der Waals surface area contributed by atoms with Gasteiger partial charge in [-0.05, 0) is 35.6 Å². The van der Waals surface area contributed by atoms with Crippen LogP contribution < -0.4 is 9.47 Å². The van der Waals surface area contributed by atoms with Crippen molar-refractivity contribution in [3.05, 3.63) is 46.2 Å². The van der Waals surface area contributed by atoms with Crippen LogP contribution >= 0.6 is 11.3 Å². The smallest absolute Gasteiger partial charge is 0.227 e. The summed E-state index contributed by atoms with van der Waals surface area (Å²) in [6.07, 6.45) is 1.49. The molecule has 0 unspecified atom stereocenters. The topological polar surface area (TPSA) is 42.0 Å². The van der Waals surface area contributed by atoms with E-state index in [2.05, 4.69) is 11.0 Å². The van der Waals surface area contributed by atoms with Gasteiger partial charge in [-0.25, -0.2) is 0 Å². The van der Waals surface area contributed by atoms with Crippen LogP contribution in [0.15, 0.2) is 35.7 Å². The molecule has 1 saturated heterocycles. The maximum absolute atomic E-state index is 12.4. The van der Waals surface area contributed by atoms with Crippen LogP contribution in [0, 0.1) is 0 Å². The fourth-order valence-corrected chi connectivity index (χ4v) is 3.91. The quantitative estimate of drug-likeness (QED) is 0.747. The highest BCUT2D eigenvalue weighted by Gasteiger charge is 2.21. The number of carbonyl (C=O) groups excluding carboxylic acids is 1. The van der Waals surface area contributed by atoms with Crippen molar-refractivity contribution < 1.29 is 14.3 Å². The molecule has 26 heavy (non-hydrogen) atoms. The number of amides is 1. The molecule has 1 aliphatic rings. The predicted octanol–water partition coefficient (Wildman–Crippen LogP) is 2.69. The monoisotopic (exact) mass is 374 g/mol.